The Labute approximate surface area is 140 Å². The number of pyridine rings is 1. The minimum Gasteiger partial charge on any atom is -0.444 e. The second kappa shape index (κ2) is 7.49. The second-order valence-corrected chi connectivity index (χ2v) is 6.67. The van der Waals surface area contributed by atoms with Crippen LogP contribution in [-0.4, -0.2) is 47.8 Å². The van der Waals surface area contributed by atoms with Crippen molar-refractivity contribution in [1.82, 2.24) is 9.88 Å². The van der Waals surface area contributed by atoms with Crippen LogP contribution in [0.1, 0.15) is 40.7 Å². The molecule has 0 aromatic carbocycles. The third kappa shape index (κ3) is 5.27. The van der Waals surface area contributed by atoms with Gasteiger partial charge in [-0.2, -0.15) is 0 Å². The fraction of sp³-hybridized carbons (Fsp3) is 0.556. The molecule has 2 rings (SSSR count). The molecule has 128 valence electrons. The number of rotatable bonds is 2. The van der Waals surface area contributed by atoms with Gasteiger partial charge in [-0.3, -0.25) is 4.98 Å². The standard InChI is InChI=1S/C17H25N3O2.CH4/c1-13(2)14-10-15(12-18-11-14)19-6-8-20(9-7-19)16(21)22-17(3,4)5;/h10-12H,1,6-9H2,2-5H3;1H4. The van der Waals surface area contributed by atoms with Crippen LogP contribution in [0.5, 0.6) is 0 Å². The van der Waals surface area contributed by atoms with Gasteiger partial charge >= 0.3 is 6.09 Å². The van der Waals surface area contributed by atoms with E-state index < -0.39 is 5.60 Å². The van der Waals surface area contributed by atoms with E-state index in [9.17, 15) is 4.79 Å². The van der Waals surface area contributed by atoms with Crippen molar-refractivity contribution in [2.75, 3.05) is 31.1 Å². The third-order valence-electron chi connectivity index (χ3n) is 3.51. The molecule has 0 bridgehead atoms. The highest BCUT2D eigenvalue weighted by molar-refractivity contribution is 5.69. The first-order chi connectivity index (χ1) is 10.3. The molecule has 0 aliphatic carbocycles. The van der Waals surface area contributed by atoms with E-state index in [2.05, 4.69) is 22.5 Å². The molecular formula is C18H29N3O2. The zero-order chi connectivity index (χ0) is 16.3. The highest BCUT2D eigenvalue weighted by Gasteiger charge is 2.26. The Kier molecular flexibility index (Phi) is 6.19. The molecule has 5 heteroatoms. The molecule has 0 spiro atoms. The van der Waals surface area contributed by atoms with Crippen molar-refractivity contribution in [3.8, 4) is 0 Å². The molecule has 1 amide bonds. The predicted octanol–water partition coefficient (Wildman–Crippen LogP) is 3.81. The highest BCUT2D eigenvalue weighted by Crippen LogP contribution is 2.21. The zero-order valence-electron chi connectivity index (χ0n) is 13.9. The SMILES string of the molecule is C.C=C(C)c1cncc(N2CCN(C(=O)OC(C)(C)C)CC2)c1. The van der Waals surface area contributed by atoms with Gasteiger partial charge in [-0.25, -0.2) is 4.79 Å². The molecule has 0 saturated carbocycles. The molecule has 2 heterocycles. The number of anilines is 1. The van der Waals surface area contributed by atoms with Crippen molar-refractivity contribution in [2.24, 2.45) is 0 Å². The van der Waals surface area contributed by atoms with Gasteiger partial charge in [0.2, 0.25) is 0 Å². The maximum Gasteiger partial charge on any atom is 0.410 e. The van der Waals surface area contributed by atoms with Crippen LogP contribution < -0.4 is 4.90 Å². The number of allylic oxidation sites excluding steroid dienone is 1. The quantitative estimate of drug-likeness (QED) is 0.831. The van der Waals surface area contributed by atoms with Crippen molar-refractivity contribution in [3.05, 3.63) is 30.6 Å². The van der Waals surface area contributed by atoms with E-state index in [-0.39, 0.29) is 13.5 Å². The molecule has 1 aliphatic rings. The van der Waals surface area contributed by atoms with Crippen molar-refractivity contribution in [1.29, 1.82) is 0 Å². The number of piperazine rings is 1. The summed E-state index contributed by atoms with van der Waals surface area (Å²) < 4.78 is 5.41. The molecule has 1 fully saturated rings. The molecule has 0 unspecified atom stereocenters. The van der Waals surface area contributed by atoms with E-state index in [1.165, 1.54) is 0 Å². The van der Waals surface area contributed by atoms with Crippen LogP contribution in [0.4, 0.5) is 10.5 Å². The van der Waals surface area contributed by atoms with Crippen molar-refractivity contribution >= 4 is 17.4 Å². The monoisotopic (exact) mass is 319 g/mol. The van der Waals surface area contributed by atoms with E-state index in [0.29, 0.717) is 13.1 Å². The van der Waals surface area contributed by atoms with Crippen LogP contribution in [0.2, 0.25) is 0 Å². The van der Waals surface area contributed by atoms with Crippen LogP contribution in [0, 0.1) is 0 Å². The maximum absolute atomic E-state index is 12.1. The van der Waals surface area contributed by atoms with Crippen LogP contribution in [0.25, 0.3) is 5.57 Å². The minimum atomic E-state index is -0.450. The molecule has 1 saturated heterocycles. The molecular weight excluding hydrogens is 290 g/mol. The van der Waals surface area contributed by atoms with Crippen molar-refractivity contribution in [3.63, 3.8) is 0 Å². The lowest BCUT2D eigenvalue weighted by molar-refractivity contribution is 0.0240. The molecule has 1 aromatic rings. The summed E-state index contributed by atoms with van der Waals surface area (Å²) >= 11 is 0. The maximum atomic E-state index is 12.1. The summed E-state index contributed by atoms with van der Waals surface area (Å²) in [5.41, 5.74) is 2.67. The van der Waals surface area contributed by atoms with Gasteiger partial charge in [0, 0.05) is 32.4 Å². The summed E-state index contributed by atoms with van der Waals surface area (Å²) in [5.74, 6) is 0. The number of ether oxygens (including phenoxy) is 1. The van der Waals surface area contributed by atoms with Gasteiger partial charge in [0.05, 0.1) is 11.9 Å². The number of nitrogens with zero attached hydrogens (tertiary/aromatic N) is 3. The third-order valence-corrected chi connectivity index (χ3v) is 3.51. The Morgan fingerprint density at radius 2 is 1.83 bits per heavy atom. The van der Waals surface area contributed by atoms with Crippen LogP contribution in [-0.2, 0) is 4.74 Å². The highest BCUT2D eigenvalue weighted by atomic mass is 16.6. The van der Waals surface area contributed by atoms with Gasteiger partial charge in [0.1, 0.15) is 5.60 Å². The average Bonchev–Trinajstić information content (AvgIpc) is 2.46. The Hall–Kier alpha value is -2.04. The van der Waals surface area contributed by atoms with Crippen molar-refractivity contribution in [2.45, 2.75) is 40.7 Å². The number of aromatic nitrogens is 1. The number of carbonyl (C=O) groups excluding carboxylic acids is 1. The largest absolute Gasteiger partial charge is 0.444 e. The van der Waals surface area contributed by atoms with E-state index >= 15 is 0 Å². The fourth-order valence-corrected chi connectivity index (χ4v) is 2.31. The molecule has 1 aromatic heterocycles. The summed E-state index contributed by atoms with van der Waals surface area (Å²) in [6.07, 6.45) is 3.44. The van der Waals surface area contributed by atoms with E-state index in [0.717, 1.165) is 29.9 Å². The van der Waals surface area contributed by atoms with E-state index in [1.807, 2.05) is 40.1 Å². The Balaban J connectivity index is 0.00000264. The van der Waals surface area contributed by atoms with Gasteiger partial charge in [-0.15, -0.1) is 0 Å². The van der Waals surface area contributed by atoms with Gasteiger partial charge < -0.3 is 14.5 Å². The summed E-state index contributed by atoms with van der Waals surface area (Å²) in [4.78, 5) is 20.3. The second-order valence-electron chi connectivity index (χ2n) is 6.67. The molecule has 5 nitrogen and oxygen atoms in total. The van der Waals surface area contributed by atoms with Crippen LogP contribution in [0.3, 0.4) is 0 Å². The first-order valence-electron chi connectivity index (χ1n) is 7.60. The lowest BCUT2D eigenvalue weighted by Gasteiger charge is -2.36. The Morgan fingerprint density at radius 3 is 2.35 bits per heavy atom. The van der Waals surface area contributed by atoms with Crippen molar-refractivity contribution < 1.29 is 9.53 Å². The number of carbonyl (C=O) groups is 1. The molecule has 23 heavy (non-hydrogen) atoms. The first-order valence-corrected chi connectivity index (χ1v) is 7.60. The lowest BCUT2D eigenvalue weighted by Crippen LogP contribution is -2.50. The lowest BCUT2D eigenvalue weighted by atomic mass is 10.1. The van der Waals surface area contributed by atoms with E-state index in [4.69, 9.17) is 4.74 Å². The summed E-state index contributed by atoms with van der Waals surface area (Å²) in [5, 5.41) is 0. The Bertz CT molecular complexity index is 556. The number of amides is 1. The first kappa shape index (κ1) is 19.0. The van der Waals surface area contributed by atoms with Crippen LogP contribution in [0.15, 0.2) is 25.0 Å². The average molecular weight is 319 g/mol. The summed E-state index contributed by atoms with van der Waals surface area (Å²) in [7, 11) is 0. The predicted molar refractivity (Wildman–Crippen MR) is 95.7 cm³/mol. The van der Waals surface area contributed by atoms with Gasteiger partial charge in [0.25, 0.3) is 0 Å². The molecule has 0 radical (unpaired) electrons. The fourth-order valence-electron chi connectivity index (χ4n) is 2.31. The van der Waals surface area contributed by atoms with Gasteiger partial charge in [-0.1, -0.05) is 14.0 Å². The summed E-state index contributed by atoms with van der Waals surface area (Å²) in [6, 6.07) is 2.10. The van der Waals surface area contributed by atoms with Gasteiger partial charge in [-0.05, 0) is 44.9 Å². The smallest absolute Gasteiger partial charge is 0.410 e. The number of hydrogen-bond acceptors (Lipinski definition) is 4. The normalized spacial score (nSPS) is 15.0. The molecule has 0 N–H and O–H groups in total. The minimum absolute atomic E-state index is 0. The topological polar surface area (TPSA) is 45.7 Å². The Morgan fingerprint density at radius 1 is 1.22 bits per heavy atom. The summed E-state index contributed by atoms with van der Waals surface area (Å²) in [6.45, 7) is 14.5. The van der Waals surface area contributed by atoms with E-state index in [1.54, 1.807) is 4.90 Å². The van der Waals surface area contributed by atoms with Gasteiger partial charge in [0.15, 0.2) is 0 Å². The van der Waals surface area contributed by atoms with Crippen LogP contribution >= 0.6 is 0 Å². The molecule has 0 atom stereocenters. The zero-order valence-corrected chi connectivity index (χ0v) is 13.9. The molecule has 1 aliphatic heterocycles. The number of hydrogen-bond donors (Lipinski definition) is 0.